The van der Waals surface area contributed by atoms with Gasteiger partial charge in [-0.05, 0) is 57.8 Å². The largest absolute Gasteiger partial charge is 0.365 e. The van der Waals surface area contributed by atoms with E-state index in [2.05, 4.69) is 21.8 Å². The fraction of sp³-hybridized carbons (Fsp3) is 0.692. The molecule has 37 heavy (non-hydrogen) atoms. The third-order valence-corrected chi connectivity index (χ3v) is 8.00. The van der Waals surface area contributed by atoms with Crippen LogP contribution in [0, 0.1) is 0 Å². The SMILES string of the molecule is C=CCCC(=O)N1CCC(Nc2nc(NC3CCC(N)CC3)nc3c2ncn3C2CCCC2)CC1.Cl.Cl. The number of carbonyl (C=O) groups excluding carboxylic acids is 1. The number of nitrogens with one attached hydrogen (secondary N) is 2. The van der Waals surface area contributed by atoms with Crippen LogP contribution in [0.2, 0.25) is 0 Å². The maximum atomic E-state index is 12.4. The van der Waals surface area contributed by atoms with Crippen molar-refractivity contribution in [1.82, 2.24) is 24.4 Å². The molecule has 3 aliphatic rings. The molecule has 2 aromatic heterocycles. The van der Waals surface area contributed by atoms with E-state index in [-0.39, 0.29) is 36.8 Å². The van der Waals surface area contributed by atoms with Crippen LogP contribution in [0.15, 0.2) is 19.0 Å². The summed E-state index contributed by atoms with van der Waals surface area (Å²) in [5.74, 6) is 1.71. The van der Waals surface area contributed by atoms with Crippen molar-refractivity contribution in [1.29, 1.82) is 0 Å². The van der Waals surface area contributed by atoms with E-state index in [1.54, 1.807) is 0 Å². The number of piperidine rings is 1. The Morgan fingerprint density at radius 2 is 1.68 bits per heavy atom. The zero-order valence-corrected chi connectivity index (χ0v) is 23.2. The van der Waals surface area contributed by atoms with Crippen LogP contribution in [0.3, 0.4) is 0 Å². The molecule has 1 amide bonds. The molecule has 0 bridgehead atoms. The van der Waals surface area contributed by atoms with Gasteiger partial charge in [-0.25, -0.2) is 4.98 Å². The van der Waals surface area contributed by atoms with E-state index >= 15 is 0 Å². The Kier molecular flexibility index (Phi) is 10.8. The van der Waals surface area contributed by atoms with E-state index in [1.165, 1.54) is 25.7 Å². The van der Waals surface area contributed by atoms with E-state index < -0.39 is 0 Å². The molecule has 2 aromatic rings. The van der Waals surface area contributed by atoms with Gasteiger partial charge in [-0.1, -0.05) is 18.9 Å². The molecular formula is C26H42Cl2N8O. The van der Waals surface area contributed by atoms with E-state index in [1.807, 2.05) is 17.3 Å². The van der Waals surface area contributed by atoms with Gasteiger partial charge >= 0.3 is 0 Å². The van der Waals surface area contributed by atoms with Crippen molar-refractivity contribution in [2.45, 2.75) is 101 Å². The van der Waals surface area contributed by atoms with E-state index in [0.717, 1.165) is 75.0 Å². The molecule has 4 N–H and O–H groups in total. The zero-order chi connectivity index (χ0) is 24.2. The summed E-state index contributed by atoms with van der Waals surface area (Å²) in [5, 5.41) is 7.27. The van der Waals surface area contributed by atoms with E-state index in [4.69, 9.17) is 20.7 Å². The Hall–Kier alpha value is -2.10. The first-order chi connectivity index (χ1) is 17.1. The average molecular weight is 554 g/mol. The van der Waals surface area contributed by atoms with Gasteiger partial charge in [0.25, 0.3) is 0 Å². The minimum Gasteiger partial charge on any atom is -0.365 e. The number of allylic oxidation sites excluding steroid dienone is 1. The maximum Gasteiger partial charge on any atom is 0.227 e. The number of anilines is 2. The van der Waals surface area contributed by atoms with Crippen LogP contribution in [-0.4, -0.2) is 61.5 Å². The summed E-state index contributed by atoms with van der Waals surface area (Å²) in [5.41, 5.74) is 7.87. The Bertz CT molecular complexity index is 1020. The van der Waals surface area contributed by atoms with Crippen LogP contribution >= 0.6 is 24.8 Å². The number of rotatable bonds is 8. The minimum atomic E-state index is 0. The number of halogens is 2. The highest BCUT2D eigenvalue weighted by Gasteiger charge is 2.26. The van der Waals surface area contributed by atoms with Gasteiger partial charge in [0.1, 0.15) is 0 Å². The fourth-order valence-corrected chi connectivity index (χ4v) is 5.83. The zero-order valence-electron chi connectivity index (χ0n) is 21.6. The lowest BCUT2D eigenvalue weighted by molar-refractivity contribution is -0.132. The van der Waals surface area contributed by atoms with Crippen molar-refractivity contribution in [3.63, 3.8) is 0 Å². The number of amides is 1. The molecule has 2 aliphatic carbocycles. The maximum absolute atomic E-state index is 12.4. The van der Waals surface area contributed by atoms with Crippen LogP contribution in [0.5, 0.6) is 0 Å². The van der Waals surface area contributed by atoms with Crippen molar-refractivity contribution in [3.8, 4) is 0 Å². The number of hydrogen-bond donors (Lipinski definition) is 3. The molecule has 5 rings (SSSR count). The summed E-state index contributed by atoms with van der Waals surface area (Å²) in [7, 11) is 0. The van der Waals surface area contributed by atoms with Gasteiger partial charge in [-0.3, -0.25) is 4.79 Å². The molecule has 0 aromatic carbocycles. The highest BCUT2D eigenvalue weighted by Crippen LogP contribution is 2.34. The summed E-state index contributed by atoms with van der Waals surface area (Å²) in [6, 6.07) is 1.39. The van der Waals surface area contributed by atoms with Gasteiger partial charge in [-0.2, -0.15) is 9.97 Å². The Morgan fingerprint density at radius 1 is 1.00 bits per heavy atom. The second-order valence-electron chi connectivity index (χ2n) is 10.5. The fourth-order valence-electron chi connectivity index (χ4n) is 5.83. The molecule has 3 fully saturated rings. The van der Waals surface area contributed by atoms with Crippen molar-refractivity contribution in [2.24, 2.45) is 5.73 Å². The van der Waals surface area contributed by atoms with Gasteiger partial charge in [-0.15, -0.1) is 31.4 Å². The standard InChI is InChI=1S/C26H40N8O.2ClH/c1-2-3-8-22(35)33-15-13-20(14-16-33)29-24-23-25(34(17-28-23)21-6-4-5-7-21)32-26(31-24)30-19-11-9-18(27)10-12-19;;/h2,17-21H,1,3-16,27H2,(H2,29,30,31,32);2*1H. The second-order valence-corrected chi connectivity index (χ2v) is 10.5. The first-order valence-corrected chi connectivity index (χ1v) is 13.5. The van der Waals surface area contributed by atoms with Crippen LogP contribution in [0.1, 0.15) is 83.1 Å². The van der Waals surface area contributed by atoms with Gasteiger partial charge in [0.2, 0.25) is 11.9 Å². The van der Waals surface area contributed by atoms with Crippen LogP contribution in [0.25, 0.3) is 11.2 Å². The first kappa shape index (κ1) is 29.5. The summed E-state index contributed by atoms with van der Waals surface area (Å²) < 4.78 is 2.26. The number of hydrogen-bond acceptors (Lipinski definition) is 7. The molecule has 0 spiro atoms. The van der Waals surface area contributed by atoms with Crippen molar-refractivity contribution in [2.75, 3.05) is 23.7 Å². The van der Waals surface area contributed by atoms with E-state index in [9.17, 15) is 4.79 Å². The highest BCUT2D eigenvalue weighted by atomic mass is 35.5. The smallest absolute Gasteiger partial charge is 0.227 e. The molecule has 1 aliphatic heterocycles. The minimum absolute atomic E-state index is 0. The van der Waals surface area contributed by atoms with Crippen LogP contribution in [-0.2, 0) is 4.79 Å². The predicted molar refractivity (Wildman–Crippen MR) is 154 cm³/mol. The Morgan fingerprint density at radius 3 is 2.35 bits per heavy atom. The number of nitrogens with two attached hydrogens (primary N) is 1. The monoisotopic (exact) mass is 552 g/mol. The number of aromatic nitrogens is 4. The predicted octanol–water partition coefficient (Wildman–Crippen LogP) is 4.84. The molecule has 206 valence electrons. The van der Waals surface area contributed by atoms with Crippen molar-refractivity contribution < 1.29 is 4.79 Å². The summed E-state index contributed by atoms with van der Waals surface area (Å²) in [6.45, 7) is 5.26. The number of likely N-dealkylation sites (tertiary alicyclic amines) is 1. The third-order valence-electron chi connectivity index (χ3n) is 8.00. The normalized spacial score (nSPS) is 22.8. The average Bonchev–Trinajstić information content (AvgIpc) is 3.54. The highest BCUT2D eigenvalue weighted by molar-refractivity contribution is 5.86. The molecule has 0 atom stereocenters. The lowest BCUT2D eigenvalue weighted by Crippen LogP contribution is -2.42. The second kappa shape index (κ2) is 13.6. The Labute approximate surface area is 232 Å². The summed E-state index contributed by atoms with van der Waals surface area (Å²) in [4.78, 5) is 29.0. The van der Waals surface area contributed by atoms with Gasteiger partial charge in [0, 0.05) is 43.7 Å². The summed E-state index contributed by atoms with van der Waals surface area (Å²) in [6.07, 6.45) is 15.9. The molecule has 3 heterocycles. The number of nitrogens with zero attached hydrogens (tertiary/aromatic N) is 5. The lowest BCUT2D eigenvalue weighted by atomic mass is 9.92. The number of fused-ring (bicyclic) bond motifs is 1. The number of carbonyl (C=O) groups is 1. The molecular weight excluding hydrogens is 511 g/mol. The van der Waals surface area contributed by atoms with Gasteiger partial charge in [0.15, 0.2) is 17.0 Å². The van der Waals surface area contributed by atoms with Crippen molar-refractivity contribution >= 4 is 53.7 Å². The van der Waals surface area contributed by atoms with E-state index in [0.29, 0.717) is 30.5 Å². The van der Waals surface area contributed by atoms with Crippen LogP contribution < -0.4 is 16.4 Å². The molecule has 0 radical (unpaired) electrons. The topological polar surface area (TPSA) is 114 Å². The number of imidazole rings is 1. The van der Waals surface area contributed by atoms with Crippen LogP contribution in [0.4, 0.5) is 11.8 Å². The quantitative estimate of drug-likeness (QED) is 0.401. The molecule has 11 heteroatoms. The summed E-state index contributed by atoms with van der Waals surface area (Å²) >= 11 is 0. The van der Waals surface area contributed by atoms with Crippen molar-refractivity contribution in [3.05, 3.63) is 19.0 Å². The molecule has 9 nitrogen and oxygen atoms in total. The third kappa shape index (κ3) is 7.06. The molecule has 1 saturated heterocycles. The molecule has 0 unspecified atom stereocenters. The van der Waals surface area contributed by atoms with Gasteiger partial charge < -0.3 is 25.8 Å². The van der Waals surface area contributed by atoms with Gasteiger partial charge in [0.05, 0.1) is 6.33 Å². The Balaban J connectivity index is 0.00000190. The lowest BCUT2D eigenvalue weighted by Gasteiger charge is -2.33. The first-order valence-electron chi connectivity index (χ1n) is 13.5. The molecule has 2 saturated carbocycles.